The van der Waals surface area contributed by atoms with E-state index in [0.717, 1.165) is 17.7 Å². The van der Waals surface area contributed by atoms with E-state index in [0.29, 0.717) is 23.9 Å². The van der Waals surface area contributed by atoms with Crippen molar-refractivity contribution in [3.63, 3.8) is 0 Å². The molecule has 0 bridgehead atoms. The minimum atomic E-state index is -0.842. The number of aliphatic hydroxyl groups excluding tert-OH is 1. The third-order valence-electron chi connectivity index (χ3n) is 3.17. The van der Waals surface area contributed by atoms with Crippen LogP contribution in [-0.2, 0) is 24.8 Å². The predicted molar refractivity (Wildman–Crippen MR) is 75.8 cm³/mol. The molecule has 0 aliphatic rings. The number of aliphatic hydroxyl groups is 1. The van der Waals surface area contributed by atoms with Gasteiger partial charge >= 0.3 is 0 Å². The zero-order chi connectivity index (χ0) is 14.7. The molecule has 0 aromatic carbocycles. The maximum absolute atomic E-state index is 10.6. The molecule has 7 heteroatoms. The van der Waals surface area contributed by atoms with Crippen LogP contribution in [0.3, 0.4) is 0 Å². The summed E-state index contributed by atoms with van der Waals surface area (Å²) in [5.41, 5.74) is 2.19. The van der Waals surface area contributed by atoms with Crippen molar-refractivity contribution in [3.8, 4) is 0 Å². The fourth-order valence-electron chi connectivity index (χ4n) is 2.20. The number of aryl methyl sites for hydroxylation is 2. The van der Waals surface area contributed by atoms with E-state index < -0.39 is 6.10 Å². The molecule has 110 valence electrons. The molecule has 0 saturated carbocycles. The van der Waals surface area contributed by atoms with Gasteiger partial charge in [-0.2, -0.15) is 10.2 Å². The molecule has 2 rings (SSSR count). The van der Waals surface area contributed by atoms with Crippen LogP contribution in [0.25, 0.3) is 0 Å². The summed E-state index contributed by atoms with van der Waals surface area (Å²) in [4.78, 5) is 0. The Balaban J connectivity index is 2.36. The average Bonchev–Trinajstić information content (AvgIpc) is 2.98. The predicted octanol–water partition coefficient (Wildman–Crippen LogP) is 1.56. The second-order valence-electron chi connectivity index (χ2n) is 4.55. The monoisotopic (exact) mass is 298 g/mol. The molecule has 0 amide bonds. The summed E-state index contributed by atoms with van der Waals surface area (Å²) in [5, 5.41) is 19.6. The SMILES string of the molecule is CCc1nn(C)cc1C(O)c1c(Cl)cnn1CCOC. The Hall–Kier alpha value is -1.37. The highest BCUT2D eigenvalue weighted by molar-refractivity contribution is 6.31. The fourth-order valence-corrected chi connectivity index (χ4v) is 2.45. The van der Waals surface area contributed by atoms with Gasteiger partial charge in [-0.25, -0.2) is 0 Å². The summed E-state index contributed by atoms with van der Waals surface area (Å²) in [6.07, 6.45) is 3.26. The largest absolute Gasteiger partial charge is 0.383 e. The molecule has 2 heterocycles. The highest BCUT2D eigenvalue weighted by atomic mass is 35.5. The molecule has 0 spiro atoms. The smallest absolute Gasteiger partial charge is 0.125 e. The van der Waals surface area contributed by atoms with Crippen LogP contribution < -0.4 is 0 Å². The Morgan fingerprint density at radius 1 is 1.50 bits per heavy atom. The van der Waals surface area contributed by atoms with Crippen molar-refractivity contribution < 1.29 is 9.84 Å². The maximum Gasteiger partial charge on any atom is 0.125 e. The van der Waals surface area contributed by atoms with E-state index in [9.17, 15) is 5.11 Å². The highest BCUT2D eigenvalue weighted by Gasteiger charge is 2.23. The highest BCUT2D eigenvalue weighted by Crippen LogP contribution is 2.29. The lowest BCUT2D eigenvalue weighted by molar-refractivity contribution is 0.171. The fraction of sp³-hybridized carbons (Fsp3) is 0.538. The molecule has 6 nitrogen and oxygen atoms in total. The minimum Gasteiger partial charge on any atom is -0.383 e. The van der Waals surface area contributed by atoms with Crippen LogP contribution in [0.5, 0.6) is 0 Å². The van der Waals surface area contributed by atoms with E-state index in [1.165, 1.54) is 6.20 Å². The Bertz CT molecular complexity index is 579. The summed E-state index contributed by atoms with van der Waals surface area (Å²) < 4.78 is 8.41. The second-order valence-corrected chi connectivity index (χ2v) is 4.96. The molecule has 1 atom stereocenters. The van der Waals surface area contributed by atoms with E-state index in [-0.39, 0.29) is 0 Å². The lowest BCUT2D eigenvalue weighted by Crippen LogP contribution is -2.14. The van der Waals surface area contributed by atoms with Gasteiger partial charge in [0, 0.05) is 25.9 Å². The van der Waals surface area contributed by atoms with E-state index in [2.05, 4.69) is 10.2 Å². The van der Waals surface area contributed by atoms with Gasteiger partial charge in [-0.3, -0.25) is 9.36 Å². The van der Waals surface area contributed by atoms with Gasteiger partial charge in [0.2, 0.25) is 0 Å². The van der Waals surface area contributed by atoms with Crippen LogP contribution in [0.15, 0.2) is 12.4 Å². The molecule has 20 heavy (non-hydrogen) atoms. The van der Waals surface area contributed by atoms with E-state index in [1.807, 2.05) is 20.2 Å². The van der Waals surface area contributed by atoms with E-state index in [4.69, 9.17) is 16.3 Å². The number of hydrogen-bond donors (Lipinski definition) is 1. The number of nitrogens with zero attached hydrogens (tertiary/aromatic N) is 4. The lowest BCUT2D eigenvalue weighted by atomic mass is 10.1. The normalized spacial score (nSPS) is 12.8. The first-order valence-electron chi connectivity index (χ1n) is 6.49. The number of methoxy groups -OCH3 is 1. The summed E-state index contributed by atoms with van der Waals surface area (Å²) >= 11 is 6.16. The van der Waals surface area contributed by atoms with Crippen LogP contribution >= 0.6 is 11.6 Å². The van der Waals surface area contributed by atoms with Crippen LogP contribution in [0.4, 0.5) is 0 Å². The van der Waals surface area contributed by atoms with Gasteiger partial charge < -0.3 is 9.84 Å². The molecule has 0 aliphatic heterocycles. The topological polar surface area (TPSA) is 65.1 Å². The van der Waals surface area contributed by atoms with Crippen molar-refractivity contribution in [2.45, 2.75) is 26.0 Å². The van der Waals surface area contributed by atoms with Crippen molar-refractivity contribution in [1.82, 2.24) is 19.6 Å². The third-order valence-corrected chi connectivity index (χ3v) is 3.46. The molecule has 0 saturated heterocycles. The zero-order valence-electron chi connectivity index (χ0n) is 11.9. The molecule has 0 radical (unpaired) electrons. The third kappa shape index (κ3) is 2.87. The molecular formula is C13H19ClN4O2. The van der Waals surface area contributed by atoms with Gasteiger partial charge in [-0.1, -0.05) is 18.5 Å². The molecular weight excluding hydrogens is 280 g/mol. The van der Waals surface area contributed by atoms with Crippen molar-refractivity contribution in [2.75, 3.05) is 13.7 Å². The van der Waals surface area contributed by atoms with E-state index in [1.54, 1.807) is 16.5 Å². The van der Waals surface area contributed by atoms with Gasteiger partial charge in [0.1, 0.15) is 6.10 Å². The summed E-state index contributed by atoms with van der Waals surface area (Å²) in [7, 11) is 3.46. The summed E-state index contributed by atoms with van der Waals surface area (Å²) in [5.74, 6) is 0. The first-order valence-corrected chi connectivity index (χ1v) is 6.86. The molecule has 2 aromatic heterocycles. The van der Waals surface area contributed by atoms with Crippen molar-refractivity contribution in [3.05, 3.63) is 34.4 Å². The average molecular weight is 299 g/mol. The number of rotatable bonds is 6. The summed E-state index contributed by atoms with van der Waals surface area (Å²) in [6, 6.07) is 0. The van der Waals surface area contributed by atoms with Gasteiger partial charge in [0.15, 0.2) is 0 Å². The van der Waals surface area contributed by atoms with Crippen molar-refractivity contribution >= 4 is 11.6 Å². The first kappa shape index (κ1) is 15.0. The molecule has 1 unspecified atom stereocenters. The van der Waals surface area contributed by atoms with Gasteiger partial charge in [-0.15, -0.1) is 0 Å². The molecule has 0 fully saturated rings. The van der Waals surface area contributed by atoms with Gasteiger partial charge in [0.05, 0.1) is 35.8 Å². The molecule has 2 aromatic rings. The molecule has 0 aliphatic carbocycles. The lowest BCUT2D eigenvalue weighted by Gasteiger charge is -2.14. The Morgan fingerprint density at radius 3 is 2.90 bits per heavy atom. The number of hydrogen-bond acceptors (Lipinski definition) is 4. The Labute approximate surface area is 122 Å². The maximum atomic E-state index is 10.6. The van der Waals surface area contributed by atoms with Crippen LogP contribution in [-0.4, -0.2) is 38.4 Å². The van der Waals surface area contributed by atoms with Crippen molar-refractivity contribution in [2.24, 2.45) is 7.05 Å². The van der Waals surface area contributed by atoms with Gasteiger partial charge in [0.25, 0.3) is 0 Å². The quantitative estimate of drug-likeness (QED) is 0.879. The minimum absolute atomic E-state index is 0.444. The van der Waals surface area contributed by atoms with Gasteiger partial charge in [-0.05, 0) is 6.42 Å². The second kappa shape index (κ2) is 6.39. The summed E-state index contributed by atoms with van der Waals surface area (Å²) in [6.45, 7) is 3.05. The molecule has 1 N–H and O–H groups in total. The number of halogens is 1. The van der Waals surface area contributed by atoms with Crippen LogP contribution in [0, 0.1) is 0 Å². The van der Waals surface area contributed by atoms with Crippen molar-refractivity contribution in [1.29, 1.82) is 0 Å². The standard InChI is InChI=1S/C13H19ClN4O2/c1-4-11-9(8-17(2)16-11)13(19)12-10(14)7-15-18(12)5-6-20-3/h7-8,13,19H,4-6H2,1-3H3. The zero-order valence-corrected chi connectivity index (χ0v) is 12.6. The number of aromatic nitrogens is 4. The van der Waals surface area contributed by atoms with Crippen LogP contribution in [0.2, 0.25) is 5.02 Å². The van der Waals surface area contributed by atoms with Crippen LogP contribution in [0.1, 0.15) is 30.0 Å². The van der Waals surface area contributed by atoms with E-state index >= 15 is 0 Å². The first-order chi connectivity index (χ1) is 9.58. The number of ether oxygens (including phenoxy) is 1. The Morgan fingerprint density at radius 2 is 2.25 bits per heavy atom. The Kier molecular flexibility index (Phi) is 4.80.